The molecule has 0 aliphatic carbocycles. The molecule has 1 N–H and O–H groups in total. The van der Waals surface area contributed by atoms with Crippen LogP contribution in [0.15, 0.2) is 60.7 Å². The predicted molar refractivity (Wildman–Crippen MR) is 93.5 cm³/mol. The molecule has 0 spiro atoms. The van der Waals surface area contributed by atoms with Crippen LogP contribution in [0.3, 0.4) is 0 Å². The second kappa shape index (κ2) is 5.21. The van der Waals surface area contributed by atoms with Crippen molar-refractivity contribution in [1.82, 2.24) is 9.38 Å². The zero-order valence-electron chi connectivity index (χ0n) is 13.2. The largest absolute Gasteiger partial charge is 0.387 e. The van der Waals surface area contributed by atoms with Crippen LogP contribution in [-0.4, -0.2) is 14.5 Å². The predicted octanol–water partition coefficient (Wildman–Crippen LogP) is 4.52. The van der Waals surface area contributed by atoms with Crippen molar-refractivity contribution in [2.75, 3.05) is 0 Å². The number of aliphatic hydroxyl groups excluding tert-OH is 1. The molecule has 0 saturated carbocycles. The van der Waals surface area contributed by atoms with Crippen molar-refractivity contribution in [2.24, 2.45) is 0 Å². The number of rotatable bonds is 2. The van der Waals surface area contributed by atoms with Gasteiger partial charge in [0.15, 0.2) is 0 Å². The van der Waals surface area contributed by atoms with E-state index in [2.05, 4.69) is 30.3 Å². The smallest absolute Gasteiger partial charge is 0.137 e. The molecule has 3 heteroatoms. The molecule has 4 aromatic rings. The van der Waals surface area contributed by atoms with Gasteiger partial charge in [0.2, 0.25) is 0 Å². The first kappa shape index (κ1) is 14.0. The second-order valence-corrected chi connectivity index (χ2v) is 5.94. The average Bonchev–Trinajstić information content (AvgIpc) is 2.95. The first-order valence-electron chi connectivity index (χ1n) is 7.80. The molecule has 0 amide bonds. The van der Waals surface area contributed by atoms with E-state index in [4.69, 9.17) is 4.98 Å². The van der Waals surface area contributed by atoms with Crippen molar-refractivity contribution in [1.29, 1.82) is 0 Å². The van der Waals surface area contributed by atoms with Crippen molar-refractivity contribution >= 4 is 16.4 Å². The van der Waals surface area contributed by atoms with E-state index in [1.165, 1.54) is 10.8 Å². The van der Waals surface area contributed by atoms with Crippen LogP contribution < -0.4 is 0 Å². The SMILES string of the molecule is Cc1cccc2nc(-c3ccc4ccccc4c3)c(C(C)O)n12. The first-order valence-corrected chi connectivity index (χ1v) is 7.80. The van der Waals surface area contributed by atoms with Gasteiger partial charge in [0.25, 0.3) is 0 Å². The molecule has 23 heavy (non-hydrogen) atoms. The minimum atomic E-state index is -0.590. The summed E-state index contributed by atoms with van der Waals surface area (Å²) in [6.07, 6.45) is -0.590. The summed E-state index contributed by atoms with van der Waals surface area (Å²) in [4.78, 5) is 4.77. The van der Waals surface area contributed by atoms with E-state index in [0.717, 1.165) is 28.3 Å². The number of hydrogen-bond donors (Lipinski definition) is 1. The topological polar surface area (TPSA) is 37.5 Å². The highest BCUT2D eigenvalue weighted by atomic mass is 16.3. The lowest BCUT2D eigenvalue weighted by molar-refractivity contribution is 0.194. The van der Waals surface area contributed by atoms with Crippen LogP contribution in [0.25, 0.3) is 27.7 Å². The fourth-order valence-electron chi connectivity index (χ4n) is 3.22. The molecule has 1 atom stereocenters. The van der Waals surface area contributed by atoms with E-state index in [-0.39, 0.29) is 0 Å². The number of pyridine rings is 1. The standard InChI is InChI=1S/C20H18N2O/c1-13-6-5-9-18-21-19(20(14(2)23)22(13)18)17-11-10-15-7-3-4-8-16(15)12-17/h3-12,14,23H,1-2H3. The lowest BCUT2D eigenvalue weighted by atomic mass is 10.0. The lowest BCUT2D eigenvalue weighted by Crippen LogP contribution is -2.02. The molecule has 4 rings (SSSR count). The summed E-state index contributed by atoms with van der Waals surface area (Å²) in [5.74, 6) is 0. The summed E-state index contributed by atoms with van der Waals surface area (Å²) >= 11 is 0. The Kier molecular flexibility index (Phi) is 3.17. The Hall–Kier alpha value is -2.65. The molecule has 2 aromatic heterocycles. The minimum Gasteiger partial charge on any atom is -0.387 e. The molecule has 0 radical (unpaired) electrons. The molecular formula is C20H18N2O. The van der Waals surface area contributed by atoms with E-state index in [1.807, 2.05) is 41.7 Å². The van der Waals surface area contributed by atoms with Crippen LogP contribution in [0.2, 0.25) is 0 Å². The molecule has 0 aliphatic heterocycles. The summed E-state index contributed by atoms with van der Waals surface area (Å²) in [6.45, 7) is 3.82. The van der Waals surface area contributed by atoms with E-state index in [9.17, 15) is 5.11 Å². The van der Waals surface area contributed by atoms with Gasteiger partial charge in [-0.3, -0.25) is 4.40 Å². The van der Waals surface area contributed by atoms with Gasteiger partial charge in [-0.1, -0.05) is 42.5 Å². The number of imidazole rings is 1. The highest BCUT2D eigenvalue weighted by Gasteiger charge is 2.19. The van der Waals surface area contributed by atoms with E-state index < -0.39 is 6.10 Å². The van der Waals surface area contributed by atoms with Crippen molar-refractivity contribution in [3.8, 4) is 11.3 Å². The van der Waals surface area contributed by atoms with Gasteiger partial charge in [0.1, 0.15) is 5.65 Å². The zero-order chi connectivity index (χ0) is 16.0. The molecule has 2 heterocycles. The number of aryl methyl sites for hydroxylation is 1. The van der Waals surface area contributed by atoms with Crippen LogP contribution in [0.1, 0.15) is 24.4 Å². The Bertz CT molecular complexity index is 1010. The van der Waals surface area contributed by atoms with E-state index >= 15 is 0 Å². The molecule has 0 saturated heterocycles. The zero-order valence-corrected chi connectivity index (χ0v) is 13.2. The maximum absolute atomic E-state index is 10.3. The molecule has 3 nitrogen and oxygen atoms in total. The molecule has 114 valence electrons. The molecule has 2 aromatic carbocycles. The third-order valence-corrected chi connectivity index (χ3v) is 4.29. The van der Waals surface area contributed by atoms with Gasteiger partial charge in [-0.2, -0.15) is 0 Å². The Labute approximate surface area is 134 Å². The fraction of sp³-hybridized carbons (Fsp3) is 0.150. The number of aromatic nitrogens is 2. The van der Waals surface area contributed by atoms with Gasteiger partial charge in [0, 0.05) is 11.3 Å². The highest BCUT2D eigenvalue weighted by Crippen LogP contribution is 2.31. The summed E-state index contributed by atoms with van der Waals surface area (Å²) in [5.41, 5.74) is 4.65. The monoisotopic (exact) mass is 302 g/mol. The first-order chi connectivity index (χ1) is 11.1. The highest BCUT2D eigenvalue weighted by molar-refractivity contribution is 5.87. The van der Waals surface area contributed by atoms with Crippen molar-refractivity contribution < 1.29 is 5.11 Å². The minimum absolute atomic E-state index is 0.590. The van der Waals surface area contributed by atoms with Crippen LogP contribution in [0.4, 0.5) is 0 Å². The van der Waals surface area contributed by atoms with Crippen molar-refractivity contribution in [2.45, 2.75) is 20.0 Å². The normalized spacial score (nSPS) is 12.8. The van der Waals surface area contributed by atoms with Gasteiger partial charge >= 0.3 is 0 Å². The number of fused-ring (bicyclic) bond motifs is 2. The quantitative estimate of drug-likeness (QED) is 0.591. The van der Waals surface area contributed by atoms with Gasteiger partial charge in [-0.05, 0) is 42.8 Å². The Morgan fingerprint density at radius 2 is 1.74 bits per heavy atom. The fourth-order valence-corrected chi connectivity index (χ4v) is 3.22. The Balaban J connectivity index is 2.03. The van der Waals surface area contributed by atoms with Gasteiger partial charge < -0.3 is 5.11 Å². The van der Waals surface area contributed by atoms with Crippen LogP contribution >= 0.6 is 0 Å². The molecular weight excluding hydrogens is 284 g/mol. The van der Waals surface area contributed by atoms with Crippen molar-refractivity contribution in [3.05, 3.63) is 72.1 Å². The Morgan fingerprint density at radius 3 is 2.52 bits per heavy atom. The third kappa shape index (κ3) is 2.21. The molecule has 0 aliphatic rings. The molecule has 0 fully saturated rings. The molecule has 1 unspecified atom stereocenters. The number of nitrogens with zero attached hydrogens (tertiary/aromatic N) is 2. The lowest BCUT2D eigenvalue weighted by Gasteiger charge is -2.10. The van der Waals surface area contributed by atoms with Gasteiger partial charge in [0.05, 0.1) is 17.5 Å². The van der Waals surface area contributed by atoms with Gasteiger partial charge in [-0.15, -0.1) is 0 Å². The summed E-state index contributed by atoms with van der Waals surface area (Å²) in [5, 5.41) is 12.7. The maximum atomic E-state index is 10.3. The second-order valence-electron chi connectivity index (χ2n) is 5.94. The van der Waals surface area contributed by atoms with Crippen molar-refractivity contribution in [3.63, 3.8) is 0 Å². The number of hydrogen-bond acceptors (Lipinski definition) is 2. The molecule has 0 bridgehead atoms. The summed E-state index contributed by atoms with van der Waals surface area (Å²) in [7, 11) is 0. The van der Waals surface area contributed by atoms with Crippen LogP contribution in [0.5, 0.6) is 0 Å². The summed E-state index contributed by atoms with van der Waals surface area (Å²) < 4.78 is 2.04. The summed E-state index contributed by atoms with van der Waals surface area (Å²) in [6, 6.07) is 20.6. The van der Waals surface area contributed by atoms with Gasteiger partial charge in [-0.25, -0.2) is 4.98 Å². The van der Waals surface area contributed by atoms with E-state index in [1.54, 1.807) is 6.92 Å². The van der Waals surface area contributed by atoms with Crippen LogP contribution in [0, 0.1) is 6.92 Å². The number of aliphatic hydroxyl groups is 1. The maximum Gasteiger partial charge on any atom is 0.137 e. The average molecular weight is 302 g/mol. The number of benzene rings is 2. The Morgan fingerprint density at radius 1 is 0.957 bits per heavy atom. The van der Waals surface area contributed by atoms with E-state index in [0.29, 0.717) is 0 Å². The van der Waals surface area contributed by atoms with Crippen LogP contribution in [-0.2, 0) is 0 Å². The third-order valence-electron chi connectivity index (χ3n) is 4.29.